The van der Waals surface area contributed by atoms with Crippen molar-refractivity contribution in [1.29, 1.82) is 0 Å². The first-order chi connectivity index (χ1) is 8.69. The number of rotatable bonds is 4. The Kier molecular flexibility index (Phi) is 4.22. The molecule has 1 aliphatic rings. The lowest BCUT2D eigenvalue weighted by Gasteiger charge is -2.14. The summed E-state index contributed by atoms with van der Waals surface area (Å²) in [5.74, 6) is 0.835. The second-order valence-electron chi connectivity index (χ2n) is 3.97. The number of carbonyl (C=O) groups excluding carboxylic acids is 2. The Hall–Kier alpha value is -1.53. The zero-order valence-electron chi connectivity index (χ0n) is 9.76. The van der Waals surface area contributed by atoms with Crippen LogP contribution >= 0.6 is 11.8 Å². The van der Waals surface area contributed by atoms with Crippen LogP contribution in [0.1, 0.15) is 5.56 Å². The second kappa shape index (κ2) is 5.88. The van der Waals surface area contributed by atoms with Gasteiger partial charge in [-0.15, -0.1) is 11.8 Å². The highest BCUT2D eigenvalue weighted by atomic mass is 32.2. The fraction of sp³-hybridized carbons (Fsp3) is 0.333. The number of hydrogen-bond donors (Lipinski definition) is 2. The first kappa shape index (κ1) is 12.9. The van der Waals surface area contributed by atoms with Gasteiger partial charge in [0.1, 0.15) is 6.54 Å². The SMILES string of the molecule is O=C(CN1CSCC1=O)Nc1ccc(CO)cc1. The Morgan fingerprint density at radius 3 is 2.67 bits per heavy atom. The normalized spacial score (nSPS) is 14.9. The topological polar surface area (TPSA) is 69.6 Å². The van der Waals surface area contributed by atoms with E-state index in [-0.39, 0.29) is 25.0 Å². The van der Waals surface area contributed by atoms with E-state index in [1.807, 2.05) is 0 Å². The first-order valence-corrected chi connectivity index (χ1v) is 6.69. The lowest BCUT2D eigenvalue weighted by molar-refractivity contribution is -0.130. The first-order valence-electron chi connectivity index (χ1n) is 5.54. The molecule has 5 nitrogen and oxygen atoms in total. The van der Waals surface area contributed by atoms with Crippen LogP contribution in [-0.4, -0.2) is 40.0 Å². The molecule has 1 aromatic rings. The predicted octanol–water partition coefficient (Wildman–Crippen LogP) is 0.650. The highest BCUT2D eigenvalue weighted by Gasteiger charge is 2.22. The summed E-state index contributed by atoms with van der Waals surface area (Å²) in [6, 6.07) is 6.94. The number of nitrogens with zero attached hydrogens (tertiary/aromatic N) is 1. The van der Waals surface area contributed by atoms with Crippen LogP contribution in [0, 0.1) is 0 Å². The summed E-state index contributed by atoms with van der Waals surface area (Å²) in [7, 11) is 0. The molecule has 0 spiro atoms. The molecule has 18 heavy (non-hydrogen) atoms. The maximum absolute atomic E-state index is 11.7. The maximum atomic E-state index is 11.7. The summed E-state index contributed by atoms with van der Waals surface area (Å²) in [6.45, 7) is 0.0707. The largest absolute Gasteiger partial charge is 0.392 e. The molecular weight excluding hydrogens is 252 g/mol. The molecule has 1 saturated heterocycles. The van der Waals surface area contributed by atoms with Crippen molar-refractivity contribution in [3.8, 4) is 0 Å². The van der Waals surface area contributed by atoms with E-state index in [9.17, 15) is 9.59 Å². The van der Waals surface area contributed by atoms with Gasteiger partial charge in [0.2, 0.25) is 11.8 Å². The average molecular weight is 266 g/mol. The van der Waals surface area contributed by atoms with Crippen LogP contribution in [0.3, 0.4) is 0 Å². The zero-order valence-corrected chi connectivity index (χ0v) is 10.6. The van der Waals surface area contributed by atoms with E-state index < -0.39 is 0 Å². The van der Waals surface area contributed by atoms with Gasteiger partial charge in [0.25, 0.3) is 0 Å². The number of amides is 2. The van der Waals surface area contributed by atoms with E-state index in [2.05, 4.69) is 5.32 Å². The number of aliphatic hydroxyl groups excluding tert-OH is 1. The molecule has 2 rings (SSSR count). The van der Waals surface area contributed by atoms with Gasteiger partial charge in [-0.25, -0.2) is 0 Å². The van der Waals surface area contributed by atoms with Crippen molar-refractivity contribution in [2.75, 3.05) is 23.5 Å². The van der Waals surface area contributed by atoms with Gasteiger partial charge in [0.05, 0.1) is 18.2 Å². The van der Waals surface area contributed by atoms with E-state index in [4.69, 9.17) is 5.11 Å². The Balaban J connectivity index is 1.88. The number of aliphatic hydroxyl groups is 1. The molecule has 1 aromatic carbocycles. The van der Waals surface area contributed by atoms with Gasteiger partial charge < -0.3 is 15.3 Å². The number of carbonyl (C=O) groups is 2. The minimum Gasteiger partial charge on any atom is -0.392 e. The lowest BCUT2D eigenvalue weighted by atomic mass is 10.2. The van der Waals surface area contributed by atoms with Gasteiger partial charge in [-0.05, 0) is 17.7 Å². The highest BCUT2D eigenvalue weighted by molar-refractivity contribution is 8.00. The molecule has 6 heteroatoms. The molecule has 1 aliphatic heterocycles. The van der Waals surface area contributed by atoms with Crippen LogP contribution in [0.5, 0.6) is 0 Å². The van der Waals surface area contributed by atoms with Crippen LogP contribution in [-0.2, 0) is 16.2 Å². The van der Waals surface area contributed by atoms with Crippen molar-refractivity contribution in [3.63, 3.8) is 0 Å². The fourth-order valence-electron chi connectivity index (χ4n) is 1.61. The summed E-state index contributed by atoms with van der Waals surface area (Å²) in [6.07, 6.45) is 0. The third kappa shape index (κ3) is 3.24. The number of anilines is 1. The number of thioether (sulfide) groups is 1. The van der Waals surface area contributed by atoms with Gasteiger partial charge in [0, 0.05) is 5.69 Å². The van der Waals surface area contributed by atoms with Gasteiger partial charge in [-0.1, -0.05) is 12.1 Å². The summed E-state index contributed by atoms with van der Waals surface area (Å²) < 4.78 is 0. The molecule has 1 fully saturated rings. The fourth-order valence-corrected chi connectivity index (χ4v) is 2.51. The molecular formula is C12H14N2O3S. The Labute approximate surface area is 109 Å². The Morgan fingerprint density at radius 2 is 2.11 bits per heavy atom. The average Bonchev–Trinajstić information content (AvgIpc) is 2.76. The molecule has 0 aromatic heterocycles. The number of hydrogen-bond acceptors (Lipinski definition) is 4. The summed E-state index contributed by atoms with van der Waals surface area (Å²) >= 11 is 1.51. The van der Waals surface area contributed by atoms with Crippen LogP contribution in [0.2, 0.25) is 0 Å². The molecule has 0 aliphatic carbocycles. The van der Waals surface area contributed by atoms with Gasteiger partial charge >= 0.3 is 0 Å². The Bertz CT molecular complexity index is 447. The van der Waals surface area contributed by atoms with Crippen molar-refractivity contribution >= 4 is 29.3 Å². The predicted molar refractivity (Wildman–Crippen MR) is 70.0 cm³/mol. The molecule has 0 bridgehead atoms. The maximum Gasteiger partial charge on any atom is 0.244 e. The van der Waals surface area contributed by atoms with Gasteiger partial charge in [-0.2, -0.15) is 0 Å². The third-order valence-electron chi connectivity index (χ3n) is 2.58. The lowest BCUT2D eigenvalue weighted by Crippen LogP contribution is -2.34. The minimum absolute atomic E-state index is 0.00535. The molecule has 0 unspecified atom stereocenters. The molecule has 0 saturated carbocycles. The molecule has 1 heterocycles. The van der Waals surface area contributed by atoms with Crippen LogP contribution in [0.25, 0.3) is 0 Å². The van der Waals surface area contributed by atoms with E-state index in [1.54, 1.807) is 24.3 Å². The van der Waals surface area contributed by atoms with E-state index >= 15 is 0 Å². The number of nitrogens with one attached hydrogen (secondary N) is 1. The van der Waals surface area contributed by atoms with E-state index in [0.29, 0.717) is 17.3 Å². The van der Waals surface area contributed by atoms with E-state index in [1.165, 1.54) is 16.7 Å². The van der Waals surface area contributed by atoms with Crippen molar-refractivity contribution in [2.24, 2.45) is 0 Å². The summed E-state index contributed by atoms with van der Waals surface area (Å²) in [5.41, 5.74) is 1.45. The van der Waals surface area contributed by atoms with Crippen molar-refractivity contribution < 1.29 is 14.7 Å². The van der Waals surface area contributed by atoms with Crippen molar-refractivity contribution in [3.05, 3.63) is 29.8 Å². The zero-order chi connectivity index (χ0) is 13.0. The third-order valence-corrected chi connectivity index (χ3v) is 3.53. The monoisotopic (exact) mass is 266 g/mol. The standard InChI is InChI=1S/C12H14N2O3S/c15-6-9-1-3-10(4-2-9)13-11(16)5-14-8-18-7-12(14)17/h1-4,15H,5-8H2,(H,13,16). The minimum atomic E-state index is -0.206. The highest BCUT2D eigenvalue weighted by Crippen LogP contribution is 2.15. The van der Waals surface area contributed by atoms with Gasteiger partial charge in [-0.3, -0.25) is 9.59 Å². The smallest absolute Gasteiger partial charge is 0.244 e. The quantitative estimate of drug-likeness (QED) is 0.839. The summed E-state index contributed by atoms with van der Waals surface area (Å²) in [4.78, 5) is 24.6. The van der Waals surface area contributed by atoms with Crippen molar-refractivity contribution in [1.82, 2.24) is 4.90 Å². The van der Waals surface area contributed by atoms with E-state index in [0.717, 1.165) is 5.56 Å². The summed E-state index contributed by atoms with van der Waals surface area (Å²) in [5, 5.41) is 11.6. The molecule has 2 N–H and O–H groups in total. The van der Waals surface area contributed by atoms with Gasteiger partial charge in [0.15, 0.2) is 0 Å². The number of benzene rings is 1. The van der Waals surface area contributed by atoms with Crippen LogP contribution < -0.4 is 5.32 Å². The Morgan fingerprint density at radius 1 is 1.39 bits per heavy atom. The molecule has 0 radical (unpaired) electrons. The second-order valence-corrected chi connectivity index (χ2v) is 4.93. The van der Waals surface area contributed by atoms with Crippen LogP contribution in [0.4, 0.5) is 5.69 Å². The van der Waals surface area contributed by atoms with Crippen LogP contribution in [0.15, 0.2) is 24.3 Å². The molecule has 0 atom stereocenters. The van der Waals surface area contributed by atoms with Crippen molar-refractivity contribution in [2.45, 2.75) is 6.61 Å². The molecule has 96 valence electrons. The molecule has 2 amide bonds.